The molecule has 0 atom stereocenters. The lowest BCUT2D eigenvalue weighted by molar-refractivity contribution is 0.477. The summed E-state index contributed by atoms with van der Waals surface area (Å²) in [6.07, 6.45) is 2.40. The molecule has 0 aliphatic carbocycles. The Hall–Kier alpha value is -1.90. The average molecular weight is 393 g/mol. The van der Waals surface area contributed by atoms with E-state index in [-0.39, 0.29) is 9.79 Å². The summed E-state index contributed by atoms with van der Waals surface area (Å²) in [5.74, 6) is 0. The number of fused-ring (bicyclic) bond motifs is 1. The van der Waals surface area contributed by atoms with Crippen molar-refractivity contribution < 1.29 is 16.8 Å². The van der Waals surface area contributed by atoms with Gasteiger partial charge in [0.2, 0.25) is 10.0 Å². The van der Waals surface area contributed by atoms with E-state index in [4.69, 9.17) is 0 Å². The zero-order valence-electron chi connectivity index (χ0n) is 14.2. The van der Waals surface area contributed by atoms with E-state index in [1.807, 2.05) is 18.2 Å². The second-order valence-electron chi connectivity index (χ2n) is 6.54. The van der Waals surface area contributed by atoms with Crippen LogP contribution < -0.4 is 4.31 Å². The van der Waals surface area contributed by atoms with Gasteiger partial charge >= 0.3 is 0 Å². The molecule has 138 valence electrons. The number of para-hydroxylation sites is 1. The Morgan fingerprint density at radius 2 is 1.27 bits per heavy atom. The third kappa shape index (κ3) is 2.82. The van der Waals surface area contributed by atoms with E-state index < -0.39 is 20.0 Å². The molecule has 2 aromatic carbocycles. The maximum absolute atomic E-state index is 13.0. The molecule has 2 heterocycles. The molecule has 0 aromatic heterocycles. The highest BCUT2D eigenvalue weighted by atomic mass is 32.2. The maximum atomic E-state index is 13.0. The number of rotatable bonds is 4. The summed E-state index contributed by atoms with van der Waals surface area (Å²) in [6, 6.07) is 13.0. The minimum Gasteiger partial charge on any atom is -0.266 e. The molecule has 4 rings (SSSR count). The molecule has 0 N–H and O–H groups in total. The fourth-order valence-electron chi connectivity index (χ4n) is 3.55. The van der Waals surface area contributed by atoms with Crippen LogP contribution in [0.15, 0.2) is 58.3 Å². The molecule has 0 saturated carbocycles. The molecule has 2 aliphatic heterocycles. The van der Waals surface area contributed by atoms with Crippen molar-refractivity contribution in [2.75, 3.05) is 23.9 Å². The van der Waals surface area contributed by atoms with E-state index in [0.29, 0.717) is 31.7 Å². The fourth-order valence-corrected chi connectivity index (χ4v) is 6.57. The molecule has 6 nitrogen and oxygen atoms in total. The van der Waals surface area contributed by atoms with Gasteiger partial charge in [-0.05, 0) is 55.2 Å². The van der Waals surface area contributed by atoms with Crippen molar-refractivity contribution >= 4 is 25.7 Å². The number of benzene rings is 2. The third-order valence-electron chi connectivity index (χ3n) is 4.96. The van der Waals surface area contributed by atoms with Crippen molar-refractivity contribution in [1.29, 1.82) is 0 Å². The Kier molecular flexibility index (Phi) is 4.29. The molecule has 2 aliphatic rings. The molecule has 8 heteroatoms. The number of anilines is 1. The number of nitrogens with zero attached hydrogens (tertiary/aromatic N) is 2. The number of hydrogen-bond acceptors (Lipinski definition) is 4. The van der Waals surface area contributed by atoms with Crippen LogP contribution in [-0.2, 0) is 26.5 Å². The quantitative estimate of drug-likeness (QED) is 0.800. The van der Waals surface area contributed by atoms with Crippen molar-refractivity contribution in [2.24, 2.45) is 0 Å². The highest BCUT2D eigenvalue weighted by molar-refractivity contribution is 7.93. The summed E-state index contributed by atoms with van der Waals surface area (Å²) in [6.45, 7) is 1.44. The summed E-state index contributed by atoms with van der Waals surface area (Å²) < 4.78 is 54.0. The van der Waals surface area contributed by atoms with Gasteiger partial charge in [-0.25, -0.2) is 16.8 Å². The zero-order chi connectivity index (χ0) is 18.4. The highest BCUT2D eigenvalue weighted by Gasteiger charge is 2.32. The zero-order valence-corrected chi connectivity index (χ0v) is 15.8. The van der Waals surface area contributed by atoms with Gasteiger partial charge in [0, 0.05) is 19.6 Å². The van der Waals surface area contributed by atoms with E-state index >= 15 is 0 Å². The summed E-state index contributed by atoms with van der Waals surface area (Å²) in [4.78, 5) is 0.245. The highest BCUT2D eigenvalue weighted by Crippen LogP contribution is 2.33. The standard InChI is InChI=1S/C18H20N2O4S2/c21-25(22,19-12-3-4-13-19)16-7-9-17(10-8-16)26(23,24)20-14-11-15-5-1-2-6-18(15)20/h1-2,5-10H,3-4,11-14H2. The molecule has 1 saturated heterocycles. The molecule has 1 fully saturated rings. The van der Waals surface area contributed by atoms with Crippen LogP contribution in [-0.4, -0.2) is 40.8 Å². The molecule has 0 spiro atoms. The SMILES string of the molecule is O=S(=O)(c1ccc(S(=O)(=O)N2CCc3ccccc32)cc1)N1CCCC1. The van der Waals surface area contributed by atoms with Gasteiger partial charge in [0.15, 0.2) is 0 Å². The van der Waals surface area contributed by atoms with Gasteiger partial charge < -0.3 is 0 Å². The van der Waals surface area contributed by atoms with Gasteiger partial charge in [0.25, 0.3) is 10.0 Å². The topological polar surface area (TPSA) is 74.8 Å². The first-order valence-electron chi connectivity index (χ1n) is 8.61. The summed E-state index contributed by atoms with van der Waals surface area (Å²) in [7, 11) is -7.25. The van der Waals surface area contributed by atoms with E-state index in [9.17, 15) is 16.8 Å². The Morgan fingerprint density at radius 1 is 0.692 bits per heavy atom. The van der Waals surface area contributed by atoms with Gasteiger partial charge in [0.1, 0.15) is 0 Å². The van der Waals surface area contributed by atoms with Crippen LogP contribution in [0.5, 0.6) is 0 Å². The molecule has 0 bridgehead atoms. The van der Waals surface area contributed by atoms with Crippen LogP contribution in [0, 0.1) is 0 Å². The predicted octanol–water partition coefficient (Wildman–Crippen LogP) is 2.22. The average Bonchev–Trinajstić information content (AvgIpc) is 3.32. The largest absolute Gasteiger partial charge is 0.266 e. The van der Waals surface area contributed by atoms with Gasteiger partial charge in [-0.1, -0.05) is 18.2 Å². The first-order valence-corrected chi connectivity index (χ1v) is 11.5. The van der Waals surface area contributed by atoms with Crippen molar-refractivity contribution in [3.63, 3.8) is 0 Å². The molecule has 0 radical (unpaired) electrons. The number of sulfonamides is 2. The van der Waals surface area contributed by atoms with Gasteiger partial charge in [0.05, 0.1) is 15.5 Å². The van der Waals surface area contributed by atoms with Crippen LogP contribution >= 0.6 is 0 Å². The third-order valence-corrected chi connectivity index (χ3v) is 8.70. The van der Waals surface area contributed by atoms with Crippen LogP contribution in [0.1, 0.15) is 18.4 Å². The van der Waals surface area contributed by atoms with E-state index in [1.54, 1.807) is 6.07 Å². The molecular formula is C18H20N2O4S2. The lowest BCUT2D eigenvalue weighted by atomic mass is 10.2. The van der Waals surface area contributed by atoms with Gasteiger partial charge in [-0.3, -0.25) is 4.31 Å². The molecule has 0 unspecified atom stereocenters. The van der Waals surface area contributed by atoms with Crippen LogP contribution in [0.25, 0.3) is 0 Å². The van der Waals surface area contributed by atoms with Crippen molar-refractivity contribution in [3.05, 3.63) is 54.1 Å². The molecule has 2 aromatic rings. The number of hydrogen-bond donors (Lipinski definition) is 0. The second-order valence-corrected chi connectivity index (χ2v) is 10.3. The van der Waals surface area contributed by atoms with Crippen LogP contribution in [0.2, 0.25) is 0 Å². The van der Waals surface area contributed by atoms with E-state index in [2.05, 4.69) is 0 Å². The predicted molar refractivity (Wildman–Crippen MR) is 99.1 cm³/mol. The monoisotopic (exact) mass is 392 g/mol. The lowest BCUT2D eigenvalue weighted by Crippen LogP contribution is -2.29. The Morgan fingerprint density at radius 3 is 1.92 bits per heavy atom. The molecule has 26 heavy (non-hydrogen) atoms. The van der Waals surface area contributed by atoms with E-state index in [0.717, 1.165) is 18.4 Å². The minimum absolute atomic E-state index is 0.106. The molecule has 0 amide bonds. The van der Waals surface area contributed by atoms with Gasteiger partial charge in [-0.2, -0.15) is 4.31 Å². The normalized spacial score (nSPS) is 18.2. The van der Waals surface area contributed by atoms with Crippen molar-refractivity contribution in [3.8, 4) is 0 Å². The Bertz CT molecular complexity index is 1030. The van der Waals surface area contributed by atoms with Crippen molar-refractivity contribution in [1.82, 2.24) is 4.31 Å². The van der Waals surface area contributed by atoms with Gasteiger partial charge in [-0.15, -0.1) is 0 Å². The van der Waals surface area contributed by atoms with Crippen LogP contribution in [0.4, 0.5) is 5.69 Å². The Balaban J connectivity index is 1.65. The fraction of sp³-hybridized carbons (Fsp3) is 0.333. The summed E-state index contributed by atoms with van der Waals surface area (Å²) in [5, 5.41) is 0. The second kappa shape index (κ2) is 6.37. The first-order chi connectivity index (χ1) is 12.4. The maximum Gasteiger partial charge on any atom is 0.264 e. The first kappa shape index (κ1) is 17.5. The summed E-state index contributed by atoms with van der Waals surface area (Å²) in [5.41, 5.74) is 1.70. The molecular weight excluding hydrogens is 372 g/mol. The smallest absolute Gasteiger partial charge is 0.264 e. The lowest BCUT2D eigenvalue weighted by Gasteiger charge is -2.20. The van der Waals surface area contributed by atoms with E-state index in [1.165, 1.54) is 32.9 Å². The minimum atomic E-state index is -3.71. The summed E-state index contributed by atoms with van der Waals surface area (Å²) >= 11 is 0. The van der Waals surface area contributed by atoms with Crippen molar-refractivity contribution in [2.45, 2.75) is 29.1 Å². The van der Waals surface area contributed by atoms with Crippen LogP contribution in [0.3, 0.4) is 0 Å². The Labute approximate surface area is 154 Å².